The van der Waals surface area contributed by atoms with Crippen LogP contribution in [-0.4, -0.2) is 36.8 Å². The highest BCUT2D eigenvalue weighted by Crippen LogP contribution is 2.01. The van der Waals surface area contributed by atoms with Gasteiger partial charge in [-0.1, -0.05) is 0 Å². The molecule has 0 atom stereocenters. The van der Waals surface area contributed by atoms with Crippen molar-refractivity contribution in [2.24, 2.45) is 0 Å². The monoisotopic (exact) mass is 205 g/mol. The summed E-state index contributed by atoms with van der Waals surface area (Å²) in [7, 11) is 0. The van der Waals surface area contributed by atoms with Gasteiger partial charge in [0.25, 0.3) is 0 Å². The lowest BCUT2D eigenvalue weighted by atomic mass is 10.1. The van der Waals surface area contributed by atoms with E-state index in [1.165, 1.54) is 5.75 Å². The SMILES string of the molecule is CCOCCSCCNC(C)(C)C. The summed E-state index contributed by atoms with van der Waals surface area (Å²) in [5.74, 6) is 2.28. The van der Waals surface area contributed by atoms with Gasteiger partial charge in [0.2, 0.25) is 0 Å². The molecule has 3 heteroatoms. The predicted octanol–water partition coefficient (Wildman–Crippen LogP) is 2.14. The van der Waals surface area contributed by atoms with Crippen LogP contribution < -0.4 is 5.32 Å². The Bertz CT molecular complexity index is 112. The van der Waals surface area contributed by atoms with Crippen LogP contribution in [0, 0.1) is 0 Å². The first-order chi connectivity index (χ1) is 6.06. The van der Waals surface area contributed by atoms with Crippen LogP contribution in [0.3, 0.4) is 0 Å². The molecule has 1 N–H and O–H groups in total. The lowest BCUT2D eigenvalue weighted by molar-refractivity contribution is 0.164. The molecule has 0 aromatic rings. The Morgan fingerprint density at radius 1 is 1.23 bits per heavy atom. The van der Waals surface area contributed by atoms with E-state index in [1.807, 2.05) is 18.7 Å². The number of thioether (sulfide) groups is 1. The highest BCUT2D eigenvalue weighted by Gasteiger charge is 2.06. The van der Waals surface area contributed by atoms with Gasteiger partial charge in [0.05, 0.1) is 6.61 Å². The minimum absolute atomic E-state index is 0.250. The molecule has 0 rings (SSSR count). The minimum Gasteiger partial charge on any atom is -0.381 e. The summed E-state index contributed by atoms with van der Waals surface area (Å²) in [6, 6.07) is 0. The van der Waals surface area contributed by atoms with E-state index in [1.54, 1.807) is 0 Å². The van der Waals surface area contributed by atoms with Crippen molar-refractivity contribution >= 4 is 11.8 Å². The smallest absolute Gasteiger partial charge is 0.0556 e. The topological polar surface area (TPSA) is 21.3 Å². The molecular formula is C10H23NOS. The van der Waals surface area contributed by atoms with Crippen molar-refractivity contribution in [3.05, 3.63) is 0 Å². The molecule has 0 saturated heterocycles. The first kappa shape index (κ1) is 13.3. The highest BCUT2D eigenvalue weighted by molar-refractivity contribution is 7.99. The van der Waals surface area contributed by atoms with Crippen LogP contribution in [0.15, 0.2) is 0 Å². The van der Waals surface area contributed by atoms with Crippen molar-refractivity contribution in [2.45, 2.75) is 33.2 Å². The quantitative estimate of drug-likeness (QED) is 0.644. The summed E-state index contributed by atoms with van der Waals surface area (Å²) in [6.45, 7) is 11.4. The Hall–Kier alpha value is 0.270. The number of hydrogen-bond donors (Lipinski definition) is 1. The van der Waals surface area contributed by atoms with Gasteiger partial charge in [-0.05, 0) is 27.7 Å². The number of ether oxygens (including phenoxy) is 1. The molecule has 0 unspecified atom stereocenters. The maximum Gasteiger partial charge on any atom is 0.0556 e. The van der Waals surface area contributed by atoms with Gasteiger partial charge in [-0.2, -0.15) is 11.8 Å². The molecule has 13 heavy (non-hydrogen) atoms. The van der Waals surface area contributed by atoms with Crippen LogP contribution in [0.2, 0.25) is 0 Å². The van der Waals surface area contributed by atoms with Crippen LogP contribution in [0.1, 0.15) is 27.7 Å². The van der Waals surface area contributed by atoms with Crippen molar-refractivity contribution in [1.82, 2.24) is 5.32 Å². The predicted molar refractivity (Wildman–Crippen MR) is 61.6 cm³/mol. The molecule has 0 aliphatic heterocycles. The summed E-state index contributed by atoms with van der Waals surface area (Å²) >= 11 is 1.95. The van der Waals surface area contributed by atoms with Gasteiger partial charge in [-0.25, -0.2) is 0 Å². The van der Waals surface area contributed by atoms with Crippen LogP contribution in [0.5, 0.6) is 0 Å². The van der Waals surface area contributed by atoms with Crippen molar-refractivity contribution in [1.29, 1.82) is 0 Å². The molecule has 0 aromatic carbocycles. The Balaban J connectivity index is 3.00. The molecule has 0 aliphatic rings. The Labute approximate surface area is 86.8 Å². The van der Waals surface area contributed by atoms with E-state index in [0.29, 0.717) is 0 Å². The zero-order chi connectivity index (χ0) is 10.2. The number of hydrogen-bond acceptors (Lipinski definition) is 3. The maximum absolute atomic E-state index is 5.24. The van der Waals surface area contributed by atoms with E-state index in [2.05, 4.69) is 26.1 Å². The van der Waals surface area contributed by atoms with Gasteiger partial charge in [-0.15, -0.1) is 0 Å². The average Bonchev–Trinajstić information content (AvgIpc) is 2.01. The van der Waals surface area contributed by atoms with E-state index in [-0.39, 0.29) is 5.54 Å². The molecule has 0 saturated carbocycles. The van der Waals surface area contributed by atoms with Gasteiger partial charge in [-0.3, -0.25) is 0 Å². The first-order valence-electron chi connectivity index (χ1n) is 4.97. The third kappa shape index (κ3) is 12.3. The van der Waals surface area contributed by atoms with Crippen LogP contribution in [0.25, 0.3) is 0 Å². The summed E-state index contributed by atoms with van der Waals surface area (Å²) in [4.78, 5) is 0. The van der Waals surface area contributed by atoms with Gasteiger partial charge >= 0.3 is 0 Å². The summed E-state index contributed by atoms with van der Waals surface area (Å²) in [5.41, 5.74) is 0.250. The zero-order valence-electron chi connectivity index (χ0n) is 9.35. The zero-order valence-corrected chi connectivity index (χ0v) is 10.2. The molecule has 0 fully saturated rings. The molecule has 0 aromatic heterocycles. The molecule has 0 radical (unpaired) electrons. The summed E-state index contributed by atoms with van der Waals surface area (Å²) in [5, 5.41) is 3.45. The Morgan fingerprint density at radius 3 is 2.46 bits per heavy atom. The van der Waals surface area contributed by atoms with Crippen LogP contribution in [0.4, 0.5) is 0 Å². The molecule has 0 heterocycles. The lowest BCUT2D eigenvalue weighted by Crippen LogP contribution is -2.37. The first-order valence-corrected chi connectivity index (χ1v) is 6.12. The molecule has 0 spiro atoms. The minimum atomic E-state index is 0.250. The third-order valence-corrected chi connectivity index (χ3v) is 2.43. The largest absolute Gasteiger partial charge is 0.381 e. The van der Waals surface area contributed by atoms with Gasteiger partial charge in [0.15, 0.2) is 0 Å². The Morgan fingerprint density at radius 2 is 1.92 bits per heavy atom. The fraction of sp³-hybridized carbons (Fsp3) is 1.00. The van der Waals surface area contributed by atoms with E-state index in [4.69, 9.17) is 4.74 Å². The Kier molecular flexibility index (Phi) is 7.81. The lowest BCUT2D eigenvalue weighted by Gasteiger charge is -2.20. The van der Waals surface area contributed by atoms with Crippen molar-refractivity contribution in [3.8, 4) is 0 Å². The molecule has 0 aliphatic carbocycles. The highest BCUT2D eigenvalue weighted by atomic mass is 32.2. The second-order valence-corrected chi connectivity index (χ2v) is 5.21. The van der Waals surface area contributed by atoms with Gasteiger partial charge in [0.1, 0.15) is 0 Å². The fourth-order valence-corrected chi connectivity index (χ4v) is 1.55. The van der Waals surface area contributed by atoms with Crippen molar-refractivity contribution in [3.63, 3.8) is 0 Å². The molecule has 2 nitrogen and oxygen atoms in total. The maximum atomic E-state index is 5.24. The summed E-state index contributed by atoms with van der Waals surface area (Å²) < 4.78 is 5.24. The van der Waals surface area contributed by atoms with Crippen molar-refractivity contribution < 1.29 is 4.74 Å². The van der Waals surface area contributed by atoms with Gasteiger partial charge < -0.3 is 10.1 Å². The molecule has 0 amide bonds. The molecular weight excluding hydrogens is 182 g/mol. The fourth-order valence-electron chi connectivity index (χ4n) is 0.862. The van der Waals surface area contributed by atoms with E-state index >= 15 is 0 Å². The van der Waals surface area contributed by atoms with Crippen LogP contribution >= 0.6 is 11.8 Å². The molecule has 0 bridgehead atoms. The van der Waals surface area contributed by atoms with E-state index in [0.717, 1.165) is 25.5 Å². The number of nitrogens with one attached hydrogen (secondary N) is 1. The number of rotatable bonds is 7. The summed E-state index contributed by atoms with van der Waals surface area (Å²) in [6.07, 6.45) is 0. The van der Waals surface area contributed by atoms with Crippen LogP contribution in [-0.2, 0) is 4.74 Å². The van der Waals surface area contributed by atoms with Crippen molar-refractivity contribution in [2.75, 3.05) is 31.3 Å². The standard InChI is InChI=1S/C10H23NOS/c1-5-12-7-9-13-8-6-11-10(2,3)4/h11H,5-9H2,1-4H3. The third-order valence-electron chi connectivity index (χ3n) is 1.48. The van der Waals surface area contributed by atoms with Gasteiger partial charge in [0, 0.05) is 30.2 Å². The normalized spacial score (nSPS) is 12.0. The second-order valence-electron chi connectivity index (χ2n) is 3.99. The van der Waals surface area contributed by atoms with E-state index < -0.39 is 0 Å². The van der Waals surface area contributed by atoms with E-state index in [9.17, 15) is 0 Å². The molecule has 80 valence electrons. The second kappa shape index (κ2) is 7.65. The average molecular weight is 205 g/mol.